The zero-order chi connectivity index (χ0) is 15.8. The van der Waals surface area contributed by atoms with E-state index in [2.05, 4.69) is 41.8 Å². The third-order valence-corrected chi connectivity index (χ3v) is 4.75. The van der Waals surface area contributed by atoms with Crippen molar-refractivity contribution >= 4 is 38.7 Å². The van der Waals surface area contributed by atoms with Gasteiger partial charge in [0.05, 0.1) is 12.0 Å². The number of benzene rings is 1. The minimum absolute atomic E-state index is 0.00972. The monoisotopic (exact) mass is 373 g/mol. The molecule has 0 spiro atoms. The molecule has 0 unspecified atom stereocenters. The van der Waals surface area contributed by atoms with Crippen molar-refractivity contribution in [2.75, 3.05) is 30.3 Å². The highest BCUT2D eigenvalue weighted by atomic mass is 79.9. The van der Waals surface area contributed by atoms with Crippen molar-refractivity contribution < 1.29 is 4.74 Å². The van der Waals surface area contributed by atoms with Gasteiger partial charge in [0.25, 0.3) is 0 Å². The number of nitrogen functional groups attached to an aromatic ring is 1. The first-order valence-electron chi connectivity index (χ1n) is 7.44. The molecule has 1 fully saturated rings. The van der Waals surface area contributed by atoms with E-state index in [9.17, 15) is 0 Å². The van der Waals surface area contributed by atoms with E-state index in [-0.39, 0.29) is 12.1 Å². The van der Waals surface area contributed by atoms with Gasteiger partial charge in [-0.1, -0.05) is 34.1 Å². The van der Waals surface area contributed by atoms with E-state index >= 15 is 0 Å². The van der Waals surface area contributed by atoms with Crippen molar-refractivity contribution in [1.29, 1.82) is 0 Å². The summed E-state index contributed by atoms with van der Waals surface area (Å²) in [7, 11) is 0. The van der Waals surface area contributed by atoms with Crippen LogP contribution in [0.5, 0.6) is 0 Å². The first-order valence-corrected chi connectivity index (χ1v) is 8.23. The van der Waals surface area contributed by atoms with E-state index in [4.69, 9.17) is 10.5 Å². The lowest BCUT2D eigenvalue weighted by Gasteiger charge is -2.34. The van der Waals surface area contributed by atoms with Crippen LogP contribution in [0.25, 0.3) is 11.0 Å². The van der Waals surface area contributed by atoms with Gasteiger partial charge in [-0.05, 0) is 17.7 Å². The molecule has 0 radical (unpaired) electrons. The molecule has 3 N–H and O–H groups in total. The summed E-state index contributed by atoms with van der Waals surface area (Å²) in [4.78, 5) is 14.0. The van der Waals surface area contributed by atoms with E-state index in [1.54, 1.807) is 0 Å². The molecule has 3 aromatic rings. The summed E-state index contributed by atoms with van der Waals surface area (Å²) in [6.07, 6.45) is 1.85. The van der Waals surface area contributed by atoms with Gasteiger partial charge < -0.3 is 20.4 Å². The number of hydrogen-bond donors (Lipinski definition) is 2. The molecule has 6 nitrogen and oxygen atoms in total. The van der Waals surface area contributed by atoms with E-state index in [1.165, 1.54) is 0 Å². The maximum Gasteiger partial charge on any atom is 0.223 e. The highest BCUT2D eigenvalue weighted by Gasteiger charge is 2.26. The van der Waals surface area contributed by atoms with E-state index < -0.39 is 0 Å². The van der Waals surface area contributed by atoms with Crippen LogP contribution in [-0.4, -0.2) is 34.6 Å². The standard InChI is InChI=1S/C16H16BrN5O/c17-12-4-2-1-3-10(12)13-9-22(7-8-23-13)15-11-5-6-19-14(11)20-16(18)21-15/h1-6,13H,7-9H2,(H3,18,19,20,21)/t13-/m0/s1. The fraction of sp³-hybridized carbons (Fsp3) is 0.250. The molecule has 23 heavy (non-hydrogen) atoms. The Bertz CT molecular complexity index is 849. The van der Waals surface area contributed by atoms with Crippen LogP contribution in [0, 0.1) is 0 Å². The van der Waals surface area contributed by atoms with Gasteiger partial charge in [0.2, 0.25) is 5.95 Å². The molecule has 1 aliphatic rings. The van der Waals surface area contributed by atoms with Gasteiger partial charge in [0, 0.05) is 23.8 Å². The number of fused-ring (bicyclic) bond motifs is 1. The summed E-state index contributed by atoms with van der Waals surface area (Å²) in [5, 5.41) is 0.979. The van der Waals surface area contributed by atoms with Gasteiger partial charge >= 0.3 is 0 Å². The molecule has 2 aromatic heterocycles. The van der Waals surface area contributed by atoms with E-state index in [0.717, 1.165) is 40.0 Å². The molecule has 0 saturated carbocycles. The Morgan fingerprint density at radius 2 is 2.13 bits per heavy atom. The average molecular weight is 374 g/mol. The van der Waals surface area contributed by atoms with Crippen LogP contribution >= 0.6 is 15.9 Å². The Morgan fingerprint density at radius 1 is 1.26 bits per heavy atom. The molecular weight excluding hydrogens is 358 g/mol. The Labute approximate surface area is 141 Å². The second kappa shape index (κ2) is 5.82. The number of morpholine rings is 1. The number of aromatic nitrogens is 3. The lowest BCUT2D eigenvalue weighted by molar-refractivity contribution is 0.0392. The number of hydrogen-bond acceptors (Lipinski definition) is 5. The minimum atomic E-state index is -0.00972. The van der Waals surface area contributed by atoms with Crippen LogP contribution in [-0.2, 0) is 4.74 Å². The largest absolute Gasteiger partial charge is 0.370 e. The summed E-state index contributed by atoms with van der Waals surface area (Å²) in [6.45, 7) is 2.14. The summed E-state index contributed by atoms with van der Waals surface area (Å²) in [5.41, 5.74) is 7.76. The predicted octanol–water partition coefficient (Wildman–Crippen LogP) is 2.88. The Hall–Kier alpha value is -2.12. The number of H-pyrrole nitrogens is 1. The number of nitrogens with two attached hydrogens (primary N) is 1. The Kier molecular flexibility index (Phi) is 3.66. The van der Waals surface area contributed by atoms with Gasteiger partial charge in [-0.25, -0.2) is 0 Å². The van der Waals surface area contributed by atoms with Gasteiger partial charge in [0.15, 0.2) is 0 Å². The Morgan fingerprint density at radius 3 is 3.00 bits per heavy atom. The minimum Gasteiger partial charge on any atom is -0.370 e. The summed E-state index contributed by atoms with van der Waals surface area (Å²) in [5.74, 6) is 1.13. The summed E-state index contributed by atoms with van der Waals surface area (Å²) < 4.78 is 7.02. The number of ether oxygens (including phenoxy) is 1. The van der Waals surface area contributed by atoms with Gasteiger partial charge in [-0.2, -0.15) is 9.97 Å². The molecule has 1 saturated heterocycles. The van der Waals surface area contributed by atoms with Gasteiger partial charge in [-0.15, -0.1) is 0 Å². The second-order valence-electron chi connectivity index (χ2n) is 5.47. The first-order chi connectivity index (χ1) is 11.2. The molecule has 118 valence electrons. The zero-order valence-corrected chi connectivity index (χ0v) is 14.0. The molecule has 3 heterocycles. The van der Waals surface area contributed by atoms with Crippen molar-refractivity contribution in [1.82, 2.24) is 15.0 Å². The van der Waals surface area contributed by atoms with Crippen molar-refractivity contribution in [3.8, 4) is 0 Å². The zero-order valence-electron chi connectivity index (χ0n) is 12.4. The van der Waals surface area contributed by atoms with Crippen LogP contribution in [0.4, 0.5) is 11.8 Å². The van der Waals surface area contributed by atoms with Crippen LogP contribution in [0.3, 0.4) is 0 Å². The number of aromatic amines is 1. The number of rotatable bonds is 2. The molecular formula is C16H16BrN5O. The fourth-order valence-corrected chi connectivity index (χ4v) is 3.49. The molecule has 7 heteroatoms. The lowest BCUT2D eigenvalue weighted by Crippen LogP contribution is -2.39. The first kappa shape index (κ1) is 14.5. The number of anilines is 2. The second-order valence-corrected chi connectivity index (χ2v) is 6.33. The van der Waals surface area contributed by atoms with Crippen molar-refractivity contribution in [2.45, 2.75) is 6.10 Å². The SMILES string of the molecule is Nc1nc(N2CCO[C@H](c3ccccc3Br)C2)c2cc[nH]c2n1. The van der Waals surface area contributed by atoms with Crippen LogP contribution in [0.15, 0.2) is 41.0 Å². The molecule has 0 bridgehead atoms. The Balaban J connectivity index is 1.69. The van der Waals surface area contributed by atoms with E-state index in [0.29, 0.717) is 6.61 Å². The molecule has 0 aliphatic carbocycles. The number of nitrogens with zero attached hydrogens (tertiary/aromatic N) is 3. The maximum atomic E-state index is 5.97. The number of halogens is 1. The lowest BCUT2D eigenvalue weighted by atomic mass is 10.1. The summed E-state index contributed by atoms with van der Waals surface area (Å²) in [6, 6.07) is 10.1. The van der Waals surface area contributed by atoms with Crippen LogP contribution < -0.4 is 10.6 Å². The van der Waals surface area contributed by atoms with Crippen molar-refractivity contribution in [2.24, 2.45) is 0 Å². The molecule has 1 aliphatic heterocycles. The van der Waals surface area contributed by atoms with Crippen molar-refractivity contribution in [3.05, 3.63) is 46.6 Å². The normalized spacial score (nSPS) is 18.5. The van der Waals surface area contributed by atoms with Crippen molar-refractivity contribution in [3.63, 3.8) is 0 Å². The summed E-state index contributed by atoms with van der Waals surface area (Å²) >= 11 is 3.60. The third kappa shape index (κ3) is 2.66. The molecule has 1 atom stereocenters. The average Bonchev–Trinajstić information content (AvgIpc) is 3.03. The smallest absolute Gasteiger partial charge is 0.223 e. The number of nitrogens with one attached hydrogen (secondary N) is 1. The van der Waals surface area contributed by atoms with E-state index in [1.807, 2.05) is 30.5 Å². The highest BCUT2D eigenvalue weighted by Crippen LogP contribution is 2.32. The fourth-order valence-electron chi connectivity index (χ4n) is 2.95. The quantitative estimate of drug-likeness (QED) is 0.721. The predicted molar refractivity (Wildman–Crippen MR) is 93.3 cm³/mol. The third-order valence-electron chi connectivity index (χ3n) is 4.03. The molecule has 4 rings (SSSR count). The topological polar surface area (TPSA) is 80.1 Å². The molecule has 0 amide bonds. The van der Waals surface area contributed by atoms with Crippen LogP contribution in [0.2, 0.25) is 0 Å². The van der Waals surface area contributed by atoms with Gasteiger partial charge in [-0.3, -0.25) is 0 Å². The van der Waals surface area contributed by atoms with Crippen LogP contribution in [0.1, 0.15) is 11.7 Å². The molecule has 1 aromatic carbocycles. The van der Waals surface area contributed by atoms with Gasteiger partial charge in [0.1, 0.15) is 17.6 Å². The maximum absolute atomic E-state index is 5.97. The highest BCUT2D eigenvalue weighted by molar-refractivity contribution is 9.10.